The van der Waals surface area contributed by atoms with Crippen molar-refractivity contribution in [2.24, 2.45) is 5.73 Å². The van der Waals surface area contributed by atoms with Crippen LogP contribution in [0.4, 0.5) is 0 Å². The van der Waals surface area contributed by atoms with Crippen LogP contribution < -0.4 is 10.5 Å². The van der Waals surface area contributed by atoms with Crippen LogP contribution in [0.25, 0.3) is 0 Å². The molecule has 0 atom stereocenters. The second kappa shape index (κ2) is 4.26. The first kappa shape index (κ1) is 11.7. The molecule has 88 valence electrons. The first-order valence-corrected chi connectivity index (χ1v) is 6.22. The molecule has 1 fully saturated rings. The van der Waals surface area contributed by atoms with E-state index in [1.54, 1.807) is 7.11 Å². The van der Waals surface area contributed by atoms with Crippen molar-refractivity contribution >= 4 is 15.9 Å². The van der Waals surface area contributed by atoms with Crippen LogP contribution in [0.3, 0.4) is 0 Å². The molecule has 0 aliphatic heterocycles. The molecule has 0 unspecified atom stereocenters. The van der Waals surface area contributed by atoms with Crippen molar-refractivity contribution in [1.82, 2.24) is 0 Å². The summed E-state index contributed by atoms with van der Waals surface area (Å²) in [5, 5.41) is 10.2. The summed E-state index contributed by atoms with van der Waals surface area (Å²) in [6.07, 6.45) is 4.08. The molecule has 3 nitrogen and oxygen atoms in total. The maximum atomic E-state index is 10.2. The largest absolute Gasteiger partial charge is 0.504 e. The van der Waals surface area contributed by atoms with Crippen molar-refractivity contribution < 1.29 is 9.84 Å². The van der Waals surface area contributed by atoms with Crippen LogP contribution >= 0.6 is 15.9 Å². The Hall–Kier alpha value is -0.740. The molecule has 1 aliphatic carbocycles. The molecule has 1 aliphatic rings. The van der Waals surface area contributed by atoms with E-state index in [2.05, 4.69) is 15.9 Å². The van der Waals surface area contributed by atoms with Crippen molar-refractivity contribution in [2.75, 3.05) is 7.11 Å². The Morgan fingerprint density at radius 1 is 1.38 bits per heavy atom. The van der Waals surface area contributed by atoms with E-state index in [-0.39, 0.29) is 5.75 Å². The molecule has 0 aromatic heterocycles. The zero-order chi connectivity index (χ0) is 11.8. The standard InChI is InChI=1S/C12H16BrNO2/c1-16-11-9(13)5-4-8(10(11)15)12(14)6-2-3-7-12/h4-5,15H,2-3,6-7,14H2,1H3. The van der Waals surface area contributed by atoms with Gasteiger partial charge in [-0.05, 0) is 34.8 Å². The third-order valence-corrected chi connectivity index (χ3v) is 3.94. The number of hydrogen-bond acceptors (Lipinski definition) is 3. The number of phenols is 1. The number of ether oxygens (including phenoxy) is 1. The number of phenolic OH excluding ortho intramolecular Hbond substituents is 1. The van der Waals surface area contributed by atoms with Gasteiger partial charge in [-0.25, -0.2) is 0 Å². The maximum absolute atomic E-state index is 10.2. The van der Waals surface area contributed by atoms with E-state index in [4.69, 9.17) is 10.5 Å². The average Bonchev–Trinajstić information content (AvgIpc) is 2.66. The molecule has 0 heterocycles. The molecule has 0 spiro atoms. The highest BCUT2D eigenvalue weighted by atomic mass is 79.9. The lowest BCUT2D eigenvalue weighted by Crippen LogP contribution is -2.33. The van der Waals surface area contributed by atoms with Gasteiger partial charge in [0, 0.05) is 11.1 Å². The summed E-state index contributed by atoms with van der Waals surface area (Å²) in [5.41, 5.74) is 6.73. The molecule has 4 heteroatoms. The third kappa shape index (κ3) is 1.80. The Labute approximate surface area is 104 Å². The predicted molar refractivity (Wildman–Crippen MR) is 66.7 cm³/mol. The number of hydrogen-bond donors (Lipinski definition) is 2. The van der Waals surface area contributed by atoms with E-state index in [1.165, 1.54) is 0 Å². The van der Waals surface area contributed by atoms with Gasteiger partial charge in [-0.1, -0.05) is 18.9 Å². The maximum Gasteiger partial charge on any atom is 0.175 e. The topological polar surface area (TPSA) is 55.5 Å². The van der Waals surface area contributed by atoms with Crippen LogP contribution in [0.15, 0.2) is 16.6 Å². The lowest BCUT2D eigenvalue weighted by atomic mass is 9.88. The molecule has 3 N–H and O–H groups in total. The quantitative estimate of drug-likeness (QED) is 0.879. The summed E-state index contributed by atoms with van der Waals surface area (Å²) in [4.78, 5) is 0. The Balaban J connectivity index is 2.49. The van der Waals surface area contributed by atoms with Gasteiger partial charge in [0.05, 0.1) is 11.6 Å². The normalized spacial score (nSPS) is 18.7. The molecule has 16 heavy (non-hydrogen) atoms. The third-order valence-electron chi connectivity index (χ3n) is 3.32. The predicted octanol–water partition coefficient (Wildman–Crippen LogP) is 2.89. The Morgan fingerprint density at radius 2 is 2.00 bits per heavy atom. The van der Waals surface area contributed by atoms with Gasteiger partial charge in [0.1, 0.15) is 0 Å². The second-order valence-corrected chi connectivity index (χ2v) is 5.19. The van der Waals surface area contributed by atoms with Gasteiger partial charge in [0.2, 0.25) is 0 Å². The summed E-state index contributed by atoms with van der Waals surface area (Å²) in [6.45, 7) is 0. The van der Waals surface area contributed by atoms with Gasteiger partial charge >= 0.3 is 0 Å². The molecular weight excluding hydrogens is 270 g/mol. The number of nitrogens with two attached hydrogens (primary N) is 1. The van der Waals surface area contributed by atoms with Crippen LogP contribution in [0.5, 0.6) is 11.5 Å². The van der Waals surface area contributed by atoms with Gasteiger partial charge in [-0.2, -0.15) is 0 Å². The Kier molecular flexibility index (Phi) is 3.13. The van der Waals surface area contributed by atoms with E-state index >= 15 is 0 Å². The van der Waals surface area contributed by atoms with Gasteiger partial charge in [0.25, 0.3) is 0 Å². The van der Waals surface area contributed by atoms with Crippen LogP contribution in [0.2, 0.25) is 0 Å². The van der Waals surface area contributed by atoms with Gasteiger partial charge in [-0.3, -0.25) is 0 Å². The highest BCUT2D eigenvalue weighted by Crippen LogP contribution is 2.45. The van der Waals surface area contributed by atoms with Crippen molar-refractivity contribution in [2.45, 2.75) is 31.2 Å². The van der Waals surface area contributed by atoms with Crippen molar-refractivity contribution in [3.05, 3.63) is 22.2 Å². The van der Waals surface area contributed by atoms with Crippen LogP contribution in [0.1, 0.15) is 31.2 Å². The fourth-order valence-electron chi connectivity index (χ4n) is 2.42. The van der Waals surface area contributed by atoms with Crippen molar-refractivity contribution in [1.29, 1.82) is 0 Å². The Bertz CT molecular complexity index is 400. The molecular formula is C12H16BrNO2. The molecule has 0 amide bonds. The SMILES string of the molecule is COc1c(Br)ccc(C2(N)CCCC2)c1O. The summed E-state index contributed by atoms with van der Waals surface area (Å²) in [5.74, 6) is 0.635. The number of rotatable bonds is 2. The molecule has 0 bridgehead atoms. The summed E-state index contributed by atoms with van der Waals surface area (Å²) >= 11 is 3.34. The smallest absolute Gasteiger partial charge is 0.175 e. The molecule has 1 aromatic carbocycles. The van der Waals surface area contributed by atoms with E-state index in [1.807, 2.05) is 12.1 Å². The minimum absolute atomic E-state index is 0.168. The lowest BCUT2D eigenvalue weighted by molar-refractivity contribution is 0.353. The minimum Gasteiger partial charge on any atom is -0.504 e. The second-order valence-electron chi connectivity index (χ2n) is 4.34. The fourth-order valence-corrected chi connectivity index (χ4v) is 2.90. The summed E-state index contributed by atoms with van der Waals surface area (Å²) in [7, 11) is 1.54. The number of methoxy groups -OCH3 is 1. The molecule has 0 radical (unpaired) electrons. The summed E-state index contributed by atoms with van der Waals surface area (Å²) in [6, 6.07) is 3.76. The van der Waals surface area contributed by atoms with E-state index in [0.717, 1.165) is 35.7 Å². The van der Waals surface area contributed by atoms with Crippen molar-refractivity contribution in [3.63, 3.8) is 0 Å². The molecule has 0 saturated heterocycles. The zero-order valence-corrected chi connectivity index (χ0v) is 10.9. The number of aromatic hydroxyl groups is 1. The monoisotopic (exact) mass is 285 g/mol. The summed E-state index contributed by atoms with van der Waals surface area (Å²) < 4.78 is 5.92. The highest BCUT2D eigenvalue weighted by Gasteiger charge is 2.34. The fraction of sp³-hybridized carbons (Fsp3) is 0.500. The van der Waals surface area contributed by atoms with E-state index in [0.29, 0.717) is 5.75 Å². The van der Waals surface area contributed by atoms with Gasteiger partial charge in [0.15, 0.2) is 11.5 Å². The van der Waals surface area contributed by atoms with Crippen LogP contribution in [-0.2, 0) is 5.54 Å². The van der Waals surface area contributed by atoms with Gasteiger partial charge in [-0.15, -0.1) is 0 Å². The van der Waals surface area contributed by atoms with Crippen LogP contribution in [0, 0.1) is 0 Å². The average molecular weight is 286 g/mol. The number of halogens is 1. The van der Waals surface area contributed by atoms with Crippen molar-refractivity contribution in [3.8, 4) is 11.5 Å². The minimum atomic E-state index is -0.391. The lowest BCUT2D eigenvalue weighted by Gasteiger charge is -2.26. The highest BCUT2D eigenvalue weighted by molar-refractivity contribution is 9.10. The zero-order valence-electron chi connectivity index (χ0n) is 9.29. The Morgan fingerprint density at radius 3 is 2.56 bits per heavy atom. The number of benzene rings is 1. The van der Waals surface area contributed by atoms with Gasteiger partial charge < -0.3 is 15.6 Å². The van der Waals surface area contributed by atoms with Crippen LogP contribution in [-0.4, -0.2) is 12.2 Å². The first-order chi connectivity index (χ1) is 7.58. The van der Waals surface area contributed by atoms with E-state index < -0.39 is 5.54 Å². The first-order valence-electron chi connectivity index (χ1n) is 5.43. The van der Waals surface area contributed by atoms with E-state index in [9.17, 15) is 5.11 Å². The molecule has 1 saturated carbocycles. The molecule has 1 aromatic rings. The molecule has 2 rings (SSSR count).